The predicted molar refractivity (Wildman–Crippen MR) is 103 cm³/mol. The Hall–Kier alpha value is -2.78. The molecule has 0 saturated carbocycles. The molecule has 28 heavy (non-hydrogen) atoms. The van der Waals surface area contributed by atoms with Crippen LogP contribution in [0.3, 0.4) is 0 Å². The number of alkyl carbamates (subject to hydrolysis) is 1. The van der Waals surface area contributed by atoms with Crippen molar-refractivity contribution in [3.8, 4) is 0 Å². The monoisotopic (exact) mass is 386 g/mol. The van der Waals surface area contributed by atoms with E-state index in [1.165, 1.54) is 12.3 Å². The SMILES string of the molecule is C=CC(=O)N1CCC[C@@H]1COC(=O)N[C@@H](Cc1coc2ccccc12)B(O)O. The Morgan fingerprint density at radius 1 is 1.43 bits per heavy atom. The summed E-state index contributed by atoms with van der Waals surface area (Å²) in [4.78, 5) is 25.6. The highest BCUT2D eigenvalue weighted by molar-refractivity contribution is 6.43. The molecular formula is C19H23BN2O6. The lowest BCUT2D eigenvalue weighted by Gasteiger charge is -2.24. The zero-order valence-electron chi connectivity index (χ0n) is 15.4. The van der Waals surface area contributed by atoms with Crippen LogP contribution in [-0.4, -0.2) is 59.2 Å². The number of fused-ring (bicyclic) bond motifs is 1. The van der Waals surface area contributed by atoms with Crippen molar-refractivity contribution in [3.05, 3.63) is 48.7 Å². The third-order valence-electron chi connectivity index (χ3n) is 4.91. The van der Waals surface area contributed by atoms with Gasteiger partial charge in [0, 0.05) is 11.9 Å². The Kier molecular flexibility index (Phi) is 6.38. The Bertz CT molecular complexity index is 852. The molecule has 0 spiro atoms. The Morgan fingerprint density at radius 2 is 2.21 bits per heavy atom. The molecule has 0 bridgehead atoms. The minimum Gasteiger partial charge on any atom is -0.464 e. The summed E-state index contributed by atoms with van der Waals surface area (Å²) >= 11 is 0. The van der Waals surface area contributed by atoms with Crippen LogP contribution in [0.25, 0.3) is 11.0 Å². The molecule has 9 heteroatoms. The maximum atomic E-state index is 12.2. The maximum absolute atomic E-state index is 12.2. The van der Waals surface area contributed by atoms with Crippen LogP contribution in [0, 0.1) is 0 Å². The molecule has 0 unspecified atom stereocenters. The van der Waals surface area contributed by atoms with E-state index in [1.807, 2.05) is 24.3 Å². The van der Waals surface area contributed by atoms with Crippen molar-refractivity contribution in [2.45, 2.75) is 31.2 Å². The average Bonchev–Trinajstić information content (AvgIpc) is 3.32. The van der Waals surface area contributed by atoms with Gasteiger partial charge in [0.15, 0.2) is 0 Å². The van der Waals surface area contributed by atoms with Gasteiger partial charge < -0.3 is 29.4 Å². The second-order valence-electron chi connectivity index (χ2n) is 6.76. The molecular weight excluding hydrogens is 363 g/mol. The summed E-state index contributed by atoms with van der Waals surface area (Å²) < 4.78 is 10.7. The predicted octanol–water partition coefficient (Wildman–Crippen LogP) is 1.26. The topological polar surface area (TPSA) is 112 Å². The highest BCUT2D eigenvalue weighted by atomic mass is 16.5. The molecule has 0 aliphatic carbocycles. The van der Waals surface area contributed by atoms with E-state index in [0.29, 0.717) is 12.1 Å². The number of furan rings is 1. The summed E-state index contributed by atoms with van der Waals surface area (Å²) in [6.07, 6.45) is 3.73. The first-order chi connectivity index (χ1) is 13.5. The standard InChI is InChI=1S/C19H23BN2O6/c1-2-18(23)22-9-5-6-14(22)12-28-19(24)21-17(20(25)26)10-13-11-27-16-8-4-3-7-15(13)16/h2-4,7-8,11,14,17,25-26H,1,5-6,9-10,12H2,(H,21,24)/t14-,17+/m1/s1. The molecule has 1 aromatic carbocycles. The van der Waals surface area contributed by atoms with Crippen molar-refractivity contribution in [1.29, 1.82) is 0 Å². The van der Waals surface area contributed by atoms with Crippen LogP contribution in [0.2, 0.25) is 0 Å². The molecule has 2 heterocycles. The smallest absolute Gasteiger partial charge is 0.464 e. The van der Waals surface area contributed by atoms with Gasteiger partial charge in [-0.05, 0) is 37.0 Å². The first-order valence-corrected chi connectivity index (χ1v) is 9.17. The van der Waals surface area contributed by atoms with Crippen molar-refractivity contribution in [1.82, 2.24) is 10.2 Å². The summed E-state index contributed by atoms with van der Waals surface area (Å²) in [5.74, 6) is -1.16. The quantitative estimate of drug-likeness (QED) is 0.488. The first-order valence-electron chi connectivity index (χ1n) is 9.17. The van der Waals surface area contributed by atoms with E-state index in [4.69, 9.17) is 9.15 Å². The van der Waals surface area contributed by atoms with Gasteiger partial charge in [0.2, 0.25) is 5.91 Å². The van der Waals surface area contributed by atoms with Crippen molar-refractivity contribution in [2.24, 2.45) is 0 Å². The van der Waals surface area contributed by atoms with E-state index in [2.05, 4.69) is 11.9 Å². The number of ether oxygens (including phenoxy) is 1. The van der Waals surface area contributed by atoms with Gasteiger partial charge in [-0.3, -0.25) is 4.79 Å². The van der Waals surface area contributed by atoms with E-state index < -0.39 is 19.2 Å². The molecule has 2 aromatic rings. The summed E-state index contributed by atoms with van der Waals surface area (Å²) in [5, 5.41) is 22.6. The van der Waals surface area contributed by atoms with E-state index in [9.17, 15) is 19.6 Å². The number of nitrogens with one attached hydrogen (secondary N) is 1. The fourth-order valence-corrected chi connectivity index (χ4v) is 3.44. The molecule has 8 nitrogen and oxygen atoms in total. The van der Waals surface area contributed by atoms with E-state index in [-0.39, 0.29) is 25.0 Å². The molecule has 2 atom stereocenters. The van der Waals surface area contributed by atoms with Gasteiger partial charge in [0.1, 0.15) is 12.2 Å². The number of nitrogens with zero attached hydrogens (tertiary/aromatic N) is 1. The Labute approximate surface area is 162 Å². The molecule has 1 aromatic heterocycles. The highest BCUT2D eigenvalue weighted by Crippen LogP contribution is 2.22. The van der Waals surface area contributed by atoms with Gasteiger partial charge in [-0.1, -0.05) is 24.8 Å². The summed E-state index contributed by atoms with van der Waals surface area (Å²) in [7, 11) is -1.77. The lowest BCUT2D eigenvalue weighted by atomic mass is 9.76. The van der Waals surface area contributed by atoms with Crippen LogP contribution in [0.5, 0.6) is 0 Å². The van der Waals surface area contributed by atoms with Crippen LogP contribution >= 0.6 is 0 Å². The minimum absolute atomic E-state index is 0.0360. The number of carbonyl (C=O) groups excluding carboxylic acids is 2. The van der Waals surface area contributed by atoms with Crippen molar-refractivity contribution >= 4 is 30.1 Å². The molecule has 148 valence electrons. The molecule has 1 aliphatic rings. The number of likely N-dealkylation sites (tertiary alicyclic amines) is 1. The summed E-state index contributed by atoms with van der Waals surface area (Å²) in [6, 6.07) is 7.16. The number of benzene rings is 1. The maximum Gasteiger partial charge on any atom is 0.475 e. The van der Waals surface area contributed by atoms with Crippen molar-refractivity contribution in [2.75, 3.05) is 13.2 Å². The molecule has 2 amide bonds. The fourth-order valence-electron chi connectivity index (χ4n) is 3.44. The average molecular weight is 386 g/mol. The summed E-state index contributed by atoms with van der Waals surface area (Å²) in [5.41, 5.74) is 1.42. The Morgan fingerprint density at radius 3 is 2.96 bits per heavy atom. The number of para-hydroxylation sites is 1. The lowest BCUT2D eigenvalue weighted by Crippen LogP contribution is -2.48. The largest absolute Gasteiger partial charge is 0.475 e. The van der Waals surface area contributed by atoms with Gasteiger partial charge >= 0.3 is 13.2 Å². The third kappa shape index (κ3) is 4.55. The highest BCUT2D eigenvalue weighted by Gasteiger charge is 2.30. The van der Waals surface area contributed by atoms with Gasteiger partial charge in [0.25, 0.3) is 0 Å². The normalized spacial score (nSPS) is 17.4. The molecule has 3 N–H and O–H groups in total. The number of carbonyl (C=O) groups is 2. The van der Waals surface area contributed by atoms with Crippen LogP contribution in [-0.2, 0) is 16.0 Å². The van der Waals surface area contributed by atoms with Gasteiger partial charge in [-0.15, -0.1) is 0 Å². The fraction of sp³-hybridized carbons (Fsp3) is 0.368. The molecule has 3 rings (SSSR count). The van der Waals surface area contributed by atoms with Crippen LogP contribution in [0.4, 0.5) is 4.79 Å². The second-order valence-corrected chi connectivity index (χ2v) is 6.76. The van der Waals surface area contributed by atoms with Gasteiger partial charge in [-0.25, -0.2) is 4.79 Å². The van der Waals surface area contributed by atoms with Crippen molar-refractivity contribution in [3.63, 3.8) is 0 Å². The van der Waals surface area contributed by atoms with Gasteiger partial charge in [-0.2, -0.15) is 0 Å². The minimum atomic E-state index is -1.77. The van der Waals surface area contributed by atoms with Crippen LogP contribution in [0.1, 0.15) is 18.4 Å². The van der Waals surface area contributed by atoms with Crippen molar-refractivity contribution < 1.29 is 28.8 Å². The lowest BCUT2D eigenvalue weighted by molar-refractivity contribution is -0.127. The Balaban J connectivity index is 1.57. The number of rotatable bonds is 7. The van der Waals surface area contributed by atoms with Crippen LogP contribution < -0.4 is 5.32 Å². The zero-order chi connectivity index (χ0) is 20.1. The number of amides is 2. The number of hydrogen-bond acceptors (Lipinski definition) is 6. The molecule has 0 radical (unpaired) electrons. The van der Waals surface area contributed by atoms with E-state index >= 15 is 0 Å². The third-order valence-corrected chi connectivity index (χ3v) is 4.91. The summed E-state index contributed by atoms with van der Waals surface area (Å²) in [6.45, 7) is 4.12. The van der Waals surface area contributed by atoms with E-state index in [0.717, 1.165) is 23.8 Å². The second kappa shape index (κ2) is 8.94. The van der Waals surface area contributed by atoms with E-state index in [1.54, 1.807) is 4.90 Å². The molecule has 1 fully saturated rings. The first kappa shape index (κ1) is 20.0. The zero-order valence-corrected chi connectivity index (χ0v) is 15.4. The molecule has 1 aliphatic heterocycles. The molecule has 1 saturated heterocycles. The van der Waals surface area contributed by atoms with Crippen LogP contribution in [0.15, 0.2) is 47.6 Å². The number of hydrogen-bond donors (Lipinski definition) is 3. The van der Waals surface area contributed by atoms with Gasteiger partial charge in [0.05, 0.1) is 18.2 Å².